The van der Waals surface area contributed by atoms with E-state index in [2.05, 4.69) is 12.2 Å². The number of halogens is 1. The number of anilines is 2. The number of benzene rings is 2. The van der Waals surface area contributed by atoms with Crippen LogP contribution in [0, 0.1) is 0 Å². The zero-order chi connectivity index (χ0) is 17.9. The Balaban J connectivity index is 0.00000338. The molecule has 0 heterocycles. The van der Waals surface area contributed by atoms with Gasteiger partial charge in [0.2, 0.25) is 5.91 Å². The highest BCUT2D eigenvalue weighted by Gasteiger charge is 2.18. The number of rotatable bonds is 9. The van der Waals surface area contributed by atoms with Gasteiger partial charge >= 0.3 is 0 Å². The molecular weight excluding hydrogens is 352 g/mol. The number of unbranched alkanes of at least 4 members (excludes halogenated alkanes) is 1. The molecule has 0 bridgehead atoms. The lowest BCUT2D eigenvalue weighted by Crippen LogP contribution is -2.33. The van der Waals surface area contributed by atoms with E-state index in [9.17, 15) is 9.59 Å². The van der Waals surface area contributed by atoms with Gasteiger partial charge in [-0.05, 0) is 30.7 Å². The summed E-state index contributed by atoms with van der Waals surface area (Å²) in [5.41, 5.74) is 1.52. The average Bonchev–Trinajstić information content (AvgIpc) is 2.64. The molecule has 0 aliphatic carbocycles. The summed E-state index contributed by atoms with van der Waals surface area (Å²) in [6.07, 6.45) is 1.95. The molecule has 26 heavy (non-hydrogen) atoms. The van der Waals surface area contributed by atoms with Gasteiger partial charge in [-0.2, -0.15) is 0 Å². The van der Waals surface area contributed by atoms with E-state index in [1.807, 2.05) is 60.7 Å². The third-order valence-corrected chi connectivity index (χ3v) is 3.59. The zero-order valence-corrected chi connectivity index (χ0v) is 15.7. The number of carbonyl (C=O) groups is 2. The van der Waals surface area contributed by atoms with E-state index in [-0.39, 0.29) is 37.4 Å². The Labute approximate surface area is 160 Å². The molecule has 0 aliphatic rings. The Morgan fingerprint density at radius 1 is 0.923 bits per heavy atom. The normalized spacial score (nSPS) is 9.88. The first kappa shape index (κ1) is 21.7. The van der Waals surface area contributed by atoms with E-state index in [4.69, 9.17) is 4.74 Å². The molecule has 0 aliphatic heterocycles. The summed E-state index contributed by atoms with van der Waals surface area (Å²) >= 11 is 0. The van der Waals surface area contributed by atoms with Crippen molar-refractivity contribution in [1.29, 1.82) is 0 Å². The fourth-order valence-corrected chi connectivity index (χ4v) is 2.34. The minimum Gasteiger partial charge on any atom is -0.362 e. The van der Waals surface area contributed by atoms with Crippen molar-refractivity contribution in [3.05, 3.63) is 60.7 Å². The highest BCUT2D eigenvalue weighted by Crippen LogP contribution is 2.24. The van der Waals surface area contributed by atoms with Gasteiger partial charge in [0.05, 0.1) is 0 Å². The molecule has 140 valence electrons. The van der Waals surface area contributed by atoms with Crippen molar-refractivity contribution in [1.82, 2.24) is 5.32 Å². The third kappa shape index (κ3) is 6.86. The standard InChI is InChI=1S/C20H24N2O3.ClH/c1-2-3-14-21-19(23)15-25-16-20(24)22(17-10-6-4-7-11-17)18-12-8-5-9-13-18;/h4-13H,2-3,14-16H2,1H3,(H,21,23);1H. The number of hydrogen-bond donors (Lipinski definition) is 1. The smallest absolute Gasteiger partial charge is 0.257 e. The van der Waals surface area contributed by atoms with Crippen molar-refractivity contribution in [2.45, 2.75) is 19.8 Å². The molecule has 0 radical (unpaired) electrons. The van der Waals surface area contributed by atoms with E-state index in [0.29, 0.717) is 6.54 Å². The largest absolute Gasteiger partial charge is 0.362 e. The average molecular weight is 377 g/mol. The molecule has 0 spiro atoms. The van der Waals surface area contributed by atoms with Crippen LogP contribution >= 0.6 is 12.4 Å². The molecule has 0 saturated heterocycles. The monoisotopic (exact) mass is 376 g/mol. The molecule has 2 amide bonds. The maximum absolute atomic E-state index is 12.7. The molecule has 6 heteroatoms. The maximum atomic E-state index is 12.7. The van der Waals surface area contributed by atoms with Crippen LogP contribution in [-0.2, 0) is 14.3 Å². The summed E-state index contributed by atoms with van der Waals surface area (Å²) in [7, 11) is 0. The molecule has 2 rings (SSSR count). The second-order valence-electron chi connectivity index (χ2n) is 5.60. The van der Waals surface area contributed by atoms with E-state index in [0.717, 1.165) is 24.2 Å². The van der Waals surface area contributed by atoms with Gasteiger partial charge in [-0.1, -0.05) is 49.7 Å². The van der Waals surface area contributed by atoms with E-state index in [1.165, 1.54) is 0 Å². The lowest BCUT2D eigenvalue weighted by atomic mass is 10.2. The van der Waals surface area contributed by atoms with Crippen LogP contribution in [0.5, 0.6) is 0 Å². The first-order valence-electron chi connectivity index (χ1n) is 8.50. The SMILES string of the molecule is CCCCNC(=O)COCC(=O)N(c1ccccc1)c1ccccc1.Cl. The Hall–Kier alpha value is -2.37. The summed E-state index contributed by atoms with van der Waals surface area (Å²) in [4.78, 5) is 25.9. The maximum Gasteiger partial charge on any atom is 0.257 e. The molecule has 2 aromatic carbocycles. The van der Waals surface area contributed by atoms with Crippen LogP contribution in [0.2, 0.25) is 0 Å². The van der Waals surface area contributed by atoms with Crippen molar-refractivity contribution in [3.63, 3.8) is 0 Å². The molecule has 1 N–H and O–H groups in total. The molecule has 0 aromatic heterocycles. The van der Waals surface area contributed by atoms with Crippen LogP contribution in [0.25, 0.3) is 0 Å². The number of nitrogens with one attached hydrogen (secondary N) is 1. The van der Waals surface area contributed by atoms with Crippen LogP contribution in [0.1, 0.15) is 19.8 Å². The fourth-order valence-electron chi connectivity index (χ4n) is 2.34. The van der Waals surface area contributed by atoms with Gasteiger partial charge in [-0.15, -0.1) is 12.4 Å². The van der Waals surface area contributed by atoms with E-state index >= 15 is 0 Å². The van der Waals surface area contributed by atoms with Crippen molar-refractivity contribution in [3.8, 4) is 0 Å². The van der Waals surface area contributed by atoms with Gasteiger partial charge in [0.25, 0.3) is 5.91 Å². The van der Waals surface area contributed by atoms with Crippen LogP contribution in [0.4, 0.5) is 11.4 Å². The number of ether oxygens (including phenoxy) is 1. The van der Waals surface area contributed by atoms with Crippen LogP contribution < -0.4 is 10.2 Å². The fraction of sp³-hybridized carbons (Fsp3) is 0.300. The lowest BCUT2D eigenvalue weighted by Gasteiger charge is -2.23. The molecule has 0 unspecified atom stereocenters. The minimum atomic E-state index is -0.223. The van der Waals surface area contributed by atoms with Gasteiger partial charge in [-0.3, -0.25) is 14.5 Å². The van der Waals surface area contributed by atoms with Crippen LogP contribution in [-0.4, -0.2) is 31.6 Å². The van der Waals surface area contributed by atoms with Crippen molar-refractivity contribution in [2.75, 3.05) is 24.7 Å². The highest BCUT2D eigenvalue weighted by molar-refractivity contribution is 6.01. The quantitative estimate of drug-likeness (QED) is 0.679. The highest BCUT2D eigenvalue weighted by atomic mass is 35.5. The van der Waals surface area contributed by atoms with Crippen molar-refractivity contribution in [2.24, 2.45) is 0 Å². The predicted octanol–water partition coefficient (Wildman–Crippen LogP) is 3.71. The first-order chi connectivity index (χ1) is 12.2. The van der Waals surface area contributed by atoms with Gasteiger partial charge in [-0.25, -0.2) is 0 Å². The number of nitrogens with zero attached hydrogens (tertiary/aromatic N) is 1. The van der Waals surface area contributed by atoms with Gasteiger partial charge < -0.3 is 10.1 Å². The molecular formula is C20H25ClN2O3. The molecule has 5 nitrogen and oxygen atoms in total. The topological polar surface area (TPSA) is 58.6 Å². The van der Waals surface area contributed by atoms with Crippen molar-refractivity contribution >= 4 is 35.6 Å². The first-order valence-corrected chi connectivity index (χ1v) is 8.50. The zero-order valence-electron chi connectivity index (χ0n) is 14.9. The Morgan fingerprint density at radius 3 is 1.96 bits per heavy atom. The van der Waals surface area contributed by atoms with Gasteiger partial charge in [0.15, 0.2) is 0 Å². The number of hydrogen-bond acceptors (Lipinski definition) is 3. The lowest BCUT2D eigenvalue weighted by molar-refractivity contribution is -0.129. The minimum absolute atomic E-state index is 0. The van der Waals surface area contributed by atoms with Crippen LogP contribution in [0.15, 0.2) is 60.7 Å². The van der Waals surface area contributed by atoms with Crippen molar-refractivity contribution < 1.29 is 14.3 Å². The third-order valence-electron chi connectivity index (χ3n) is 3.59. The number of carbonyl (C=O) groups excluding carboxylic acids is 2. The molecule has 2 aromatic rings. The summed E-state index contributed by atoms with van der Waals surface area (Å²) in [6, 6.07) is 18.8. The predicted molar refractivity (Wildman–Crippen MR) is 106 cm³/mol. The molecule has 0 fully saturated rings. The summed E-state index contributed by atoms with van der Waals surface area (Å²) < 4.78 is 5.31. The van der Waals surface area contributed by atoms with Crippen LogP contribution in [0.3, 0.4) is 0 Å². The Kier molecular flexibility index (Phi) is 10.1. The molecule has 0 atom stereocenters. The summed E-state index contributed by atoms with van der Waals surface area (Å²) in [5, 5.41) is 2.76. The Bertz CT molecular complexity index is 626. The number of amides is 2. The number of para-hydroxylation sites is 2. The summed E-state index contributed by atoms with van der Waals surface area (Å²) in [6.45, 7) is 2.41. The molecule has 0 saturated carbocycles. The van der Waals surface area contributed by atoms with Gasteiger partial charge in [0.1, 0.15) is 13.2 Å². The second-order valence-corrected chi connectivity index (χ2v) is 5.60. The summed E-state index contributed by atoms with van der Waals surface area (Å²) in [5.74, 6) is -0.425. The van der Waals surface area contributed by atoms with E-state index in [1.54, 1.807) is 4.90 Å². The van der Waals surface area contributed by atoms with Gasteiger partial charge in [0, 0.05) is 17.9 Å². The Morgan fingerprint density at radius 2 is 1.46 bits per heavy atom. The van der Waals surface area contributed by atoms with E-state index < -0.39 is 0 Å². The second kappa shape index (κ2) is 12.1.